The van der Waals surface area contributed by atoms with E-state index in [1.807, 2.05) is 42.5 Å². The van der Waals surface area contributed by atoms with Gasteiger partial charge in [0, 0.05) is 24.5 Å². The van der Waals surface area contributed by atoms with Crippen LogP contribution in [0.3, 0.4) is 0 Å². The van der Waals surface area contributed by atoms with Crippen molar-refractivity contribution in [2.24, 2.45) is 0 Å². The summed E-state index contributed by atoms with van der Waals surface area (Å²) >= 11 is 0. The number of morpholine rings is 1. The predicted molar refractivity (Wildman–Crippen MR) is 98.0 cm³/mol. The molecule has 0 bridgehead atoms. The van der Waals surface area contributed by atoms with E-state index < -0.39 is 0 Å². The normalized spacial score (nSPS) is 17.3. The first-order chi connectivity index (χ1) is 13.4. The van der Waals surface area contributed by atoms with Gasteiger partial charge in [-0.05, 0) is 24.3 Å². The topological polar surface area (TPSA) is 90.1 Å². The highest BCUT2D eigenvalue weighted by Crippen LogP contribution is 2.29. The highest BCUT2D eigenvalue weighted by Gasteiger charge is 2.30. The lowest BCUT2D eigenvalue weighted by atomic mass is 10.2. The van der Waals surface area contributed by atoms with Crippen LogP contribution in [0.5, 0.6) is 0 Å². The summed E-state index contributed by atoms with van der Waals surface area (Å²) in [7, 11) is 0. The van der Waals surface area contributed by atoms with Gasteiger partial charge in [0.15, 0.2) is 11.5 Å². The van der Waals surface area contributed by atoms with Crippen molar-refractivity contribution in [1.82, 2.24) is 25.1 Å². The Morgan fingerprint density at radius 1 is 0.963 bits per heavy atom. The third-order valence-corrected chi connectivity index (χ3v) is 4.50. The number of pyridine rings is 1. The van der Waals surface area contributed by atoms with Crippen molar-refractivity contribution in [2.45, 2.75) is 6.04 Å². The Bertz CT molecular complexity index is 1070. The number of benzene rings is 1. The molecule has 27 heavy (non-hydrogen) atoms. The molecule has 134 valence electrons. The molecule has 5 rings (SSSR count). The predicted octanol–water partition coefficient (Wildman–Crippen LogP) is 2.65. The minimum absolute atomic E-state index is 0.179. The van der Waals surface area contributed by atoms with Gasteiger partial charge in [-0.3, -0.25) is 4.98 Å². The third-order valence-electron chi connectivity index (χ3n) is 4.50. The average molecular weight is 360 g/mol. The molecule has 8 nitrogen and oxygen atoms in total. The second kappa shape index (κ2) is 6.73. The fourth-order valence-electron chi connectivity index (χ4n) is 3.16. The molecule has 0 spiro atoms. The zero-order chi connectivity index (χ0) is 18.1. The van der Waals surface area contributed by atoms with Gasteiger partial charge in [-0.1, -0.05) is 23.4 Å². The van der Waals surface area contributed by atoms with Crippen LogP contribution in [-0.4, -0.2) is 44.9 Å². The highest BCUT2D eigenvalue weighted by molar-refractivity contribution is 5.71. The number of hydrogen-bond acceptors (Lipinski definition) is 8. The molecular weight excluding hydrogens is 344 g/mol. The van der Waals surface area contributed by atoms with Crippen LogP contribution in [0.1, 0.15) is 11.9 Å². The second-order valence-corrected chi connectivity index (χ2v) is 6.18. The van der Waals surface area contributed by atoms with E-state index in [9.17, 15) is 0 Å². The van der Waals surface area contributed by atoms with Crippen molar-refractivity contribution in [1.29, 1.82) is 0 Å². The van der Waals surface area contributed by atoms with E-state index >= 15 is 0 Å². The summed E-state index contributed by atoms with van der Waals surface area (Å²) in [6, 6.07) is 13.4. The van der Waals surface area contributed by atoms with Crippen LogP contribution >= 0.6 is 0 Å². The Kier molecular flexibility index (Phi) is 3.95. The number of hydrogen-bond donors (Lipinski definition) is 0. The van der Waals surface area contributed by atoms with Gasteiger partial charge in [-0.2, -0.15) is 4.98 Å². The Labute approximate surface area is 154 Å². The first-order valence-electron chi connectivity index (χ1n) is 8.70. The van der Waals surface area contributed by atoms with Crippen LogP contribution < -0.4 is 4.90 Å². The van der Waals surface area contributed by atoms with Crippen LogP contribution in [0.2, 0.25) is 0 Å². The molecule has 0 saturated carbocycles. The van der Waals surface area contributed by atoms with Crippen LogP contribution in [0, 0.1) is 0 Å². The molecule has 1 aromatic carbocycles. The molecular formula is C19H16N6O2. The number of aromatic nitrogens is 5. The van der Waals surface area contributed by atoms with Gasteiger partial charge in [0.05, 0.1) is 13.2 Å². The van der Waals surface area contributed by atoms with E-state index in [-0.39, 0.29) is 6.04 Å². The van der Waals surface area contributed by atoms with E-state index in [1.54, 1.807) is 12.4 Å². The van der Waals surface area contributed by atoms with Gasteiger partial charge < -0.3 is 14.2 Å². The second-order valence-electron chi connectivity index (χ2n) is 6.18. The summed E-state index contributed by atoms with van der Waals surface area (Å²) in [4.78, 5) is 19.9. The smallest absolute Gasteiger partial charge is 0.257 e. The van der Waals surface area contributed by atoms with Gasteiger partial charge in [0.2, 0.25) is 0 Å². The molecule has 3 aromatic heterocycles. The number of ether oxygens (including phenoxy) is 1. The molecule has 1 fully saturated rings. The molecule has 0 amide bonds. The number of rotatable bonds is 3. The zero-order valence-electron chi connectivity index (χ0n) is 14.4. The van der Waals surface area contributed by atoms with Crippen LogP contribution in [0.25, 0.3) is 22.6 Å². The Hall–Kier alpha value is -3.39. The molecule has 4 aromatic rings. The summed E-state index contributed by atoms with van der Waals surface area (Å²) < 4.78 is 11.1. The van der Waals surface area contributed by atoms with Crippen molar-refractivity contribution in [2.75, 3.05) is 24.7 Å². The molecule has 1 saturated heterocycles. The number of anilines is 1. The molecule has 0 aliphatic carbocycles. The molecule has 0 radical (unpaired) electrons. The monoisotopic (exact) mass is 360 g/mol. The molecule has 4 heterocycles. The molecule has 1 unspecified atom stereocenters. The minimum Gasteiger partial charge on any atom is -0.377 e. The van der Waals surface area contributed by atoms with Crippen LogP contribution in [0.15, 0.2) is 59.4 Å². The summed E-state index contributed by atoms with van der Waals surface area (Å²) in [6.07, 6.45) is 3.30. The lowest BCUT2D eigenvalue weighted by Crippen LogP contribution is -2.40. The fourth-order valence-corrected chi connectivity index (χ4v) is 3.16. The molecule has 1 aliphatic rings. The van der Waals surface area contributed by atoms with Crippen molar-refractivity contribution in [3.05, 3.63) is 60.7 Å². The van der Waals surface area contributed by atoms with Crippen molar-refractivity contribution in [3.8, 4) is 11.5 Å². The molecule has 1 atom stereocenters. The first-order valence-corrected chi connectivity index (χ1v) is 8.70. The molecule has 1 aliphatic heterocycles. The SMILES string of the molecule is c1ccc(-c2nc(C3COCCN3c3ccc4nccnc4n3)no2)cc1. The molecule has 8 heteroatoms. The summed E-state index contributed by atoms with van der Waals surface area (Å²) in [5.41, 5.74) is 2.26. The number of fused-ring (bicyclic) bond motifs is 1. The maximum Gasteiger partial charge on any atom is 0.257 e. The van der Waals surface area contributed by atoms with Gasteiger partial charge in [-0.15, -0.1) is 0 Å². The third kappa shape index (κ3) is 3.00. The number of nitrogens with zero attached hydrogens (tertiary/aromatic N) is 6. The lowest BCUT2D eigenvalue weighted by molar-refractivity contribution is 0.0906. The lowest BCUT2D eigenvalue weighted by Gasteiger charge is -2.34. The van der Waals surface area contributed by atoms with Crippen molar-refractivity contribution >= 4 is 17.0 Å². The Morgan fingerprint density at radius 2 is 1.85 bits per heavy atom. The molecule has 0 N–H and O–H groups in total. The van der Waals surface area contributed by atoms with E-state index in [0.29, 0.717) is 37.1 Å². The van der Waals surface area contributed by atoms with Gasteiger partial charge in [-0.25, -0.2) is 9.97 Å². The van der Waals surface area contributed by atoms with E-state index in [0.717, 1.165) is 16.9 Å². The maximum atomic E-state index is 5.67. The van der Waals surface area contributed by atoms with Crippen LogP contribution in [0.4, 0.5) is 5.82 Å². The van der Waals surface area contributed by atoms with Gasteiger partial charge in [0.25, 0.3) is 5.89 Å². The minimum atomic E-state index is -0.179. The summed E-state index contributed by atoms with van der Waals surface area (Å²) in [6.45, 7) is 1.76. The van der Waals surface area contributed by atoms with E-state index in [2.05, 4.69) is 30.0 Å². The van der Waals surface area contributed by atoms with Crippen LogP contribution in [-0.2, 0) is 4.74 Å². The summed E-state index contributed by atoms with van der Waals surface area (Å²) in [5.74, 6) is 1.87. The largest absolute Gasteiger partial charge is 0.377 e. The quantitative estimate of drug-likeness (QED) is 0.551. The van der Waals surface area contributed by atoms with E-state index in [1.165, 1.54) is 0 Å². The zero-order valence-corrected chi connectivity index (χ0v) is 14.4. The highest BCUT2D eigenvalue weighted by atomic mass is 16.5. The average Bonchev–Trinajstić information content (AvgIpc) is 3.24. The Morgan fingerprint density at radius 3 is 2.78 bits per heavy atom. The van der Waals surface area contributed by atoms with Gasteiger partial charge >= 0.3 is 0 Å². The van der Waals surface area contributed by atoms with Crippen molar-refractivity contribution in [3.63, 3.8) is 0 Å². The standard InChI is InChI=1S/C19H16N6O2/c1-2-4-13(5-3-1)19-23-18(24-27-19)15-12-26-11-10-25(15)16-7-6-14-17(22-16)21-9-8-20-14/h1-9,15H,10-12H2. The Balaban J connectivity index is 1.49. The van der Waals surface area contributed by atoms with E-state index in [4.69, 9.17) is 9.26 Å². The fraction of sp³-hybridized carbons (Fsp3) is 0.211. The van der Waals surface area contributed by atoms with Crippen molar-refractivity contribution < 1.29 is 9.26 Å². The summed E-state index contributed by atoms with van der Waals surface area (Å²) in [5, 5.41) is 4.19. The van der Waals surface area contributed by atoms with Gasteiger partial charge in [0.1, 0.15) is 17.4 Å². The first kappa shape index (κ1) is 15.8. The maximum absolute atomic E-state index is 5.67.